The topological polar surface area (TPSA) is 80.8 Å². The number of hydrogen-bond donors (Lipinski definition) is 0. The molecule has 1 aliphatic rings. The zero-order chi connectivity index (χ0) is 17.4. The largest absolute Gasteiger partial charge is 0.433 e. The lowest BCUT2D eigenvalue weighted by molar-refractivity contribution is -0.141. The fraction of sp³-hybridized carbons (Fsp3) is 0.357. The van der Waals surface area contributed by atoms with Crippen LogP contribution in [-0.2, 0) is 6.18 Å². The fourth-order valence-electron chi connectivity index (χ4n) is 2.71. The Morgan fingerprint density at radius 1 is 1.24 bits per heavy atom. The smallest absolute Gasteiger partial charge is 0.364 e. The van der Waals surface area contributed by atoms with Crippen molar-refractivity contribution in [2.45, 2.75) is 25.1 Å². The molecule has 0 radical (unpaired) electrons. The maximum absolute atomic E-state index is 12.9. The lowest BCUT2D eigenvalue weighted by Gasteiger charge is -2.22. The van der Waals surface area contributed by atoms with Crippen LogP contribution in [0.15, 0.2) is 29.1 Å². The molecule has 1 aliphatic heterocycles. The van der Waals surface area contributed by atoms with Crippen molar-refractivity contribution in [2.75, 3.05) is 11.4 Å². The monoisotopic (exact) mass is 368 g/mol. The van der Waals surface area contributed by atoms with E-state index in [9.17, 15) is 13.2 Å². The van der Waals surface area contributed by atoms with E-state index in [2.05, 4.69) is 25.3 Å². The standard InChI is InChI=1S/C14H11F3N6OS/c15-14(16,17)10-3-5-18-11(19-10)9-2-1-6-23(9)13-21-20-12(25-13)8-4-7-24-22-8/h3-5,7,9H,1-2,6H2. The van der Waals surface area contributed by atoms with Crippen molar-refractivity contribution in [1.29, 1.82) is 0 Å². The van der Waals surface area contributed by atoms with Crippen molar-refractivity contribution in [1.82, 2.24) is 25.3 Å². The summed E-state index contributed by atoms with van der Waals surface area (Å²) in [7, 11) is 0. The Kier molecular flexibility index (Phi) is 3.86. The second-order valence-electron chi connectivity index (χ2n) is 5.42. The summed E-state index contributed by atoms with van der Waals surface area (Å²) in [6.07, 6.45) is -0.457. The van der Waals surface area contributed by atoms with Gasteiger partial charge in [-0.05, 0) is 18.9 Å². The second kappa shape index (κ2) is 6.06. The van der Waals surface area contributed by atoms with Gasteiger partial charge in [-0.1, -0.05) is 16.5 Å². The molecule has 4 rings (SSSR count). The predicted molar refractivity (Wildman–Crippen MR) is 81.8 cm³/mol. The van der Waals surface area contributed by atoms with Gasteiger partial charge in [-0.3, -0.25) is 0 Å². The number of aromatic nitrogens is 5. The minimum Gasteiger partial charge on any atom is -0.364 e. The van der Waals surface area contributed by atoms with Crippen LogP contribution in [0, 0.1) is 0 Å². The molecule has 4 heterocycles. The Hall–Kier alpha value is -2.56. The quantitative estimate of drug-likeness (QED) is 0.701. The molecule has 1 saturated heterocycles. The van der Waals surface area contributed by atoms with E-state index in [4.69, 9.17) is 4.52 Å². The molecule has 0 spiro atoms. The zero-order valence-electron chi connectivity index (χ0n) is 12.6. The first-order valence-electron chi connectivity index (χ1n) is 7.43. The number of hydrogen-bond acceptors (Lipinski definition) is 8. The molecule has 7 nitrogen and oxygen atoms in total. The highest BCUT2D eigenvalue weighted by molar-refractivity contribution is 7.18. The molecule has 1 unspecified atom stereocenters. The Labute approximate surface area is 143 Å². The first-order valence-corrected chi connectivity index (χ1v) is 8.25. The highest BCUT2D eigenvalue weighted by Crippen LogP contribution is 2.38. The molecule has 25 heavy (non-hydrogen) atoms. The Bertz CT molecular complexity index is 866. The van der Waals surface area contributed by atoms with Gasteiger partial charge in [0.25, 0.3) is 0 Å². The third-order valence-electron chi connectivity index (χ3n) is 3.83. The normalized spacial score (nSPS) is 18.0. The number of rotatable bonds is 3. The third-order valence-corrected chi connectivity index (χ3v) is 4.82. The molecular formula is C14H11F3N6OS. The van der Waals surface area contributed by atoms with E-state index in [-0.39, 0.29) is 11.9 Å². The zero-order valence-corrected chi connectivity index (χ0v) is 13.5. The molecule has 3 aromatic heterocycles. The highest BCUT2D eigenvalue weighted by atomic mass is 32.1. The summed E-state index contributed by atoms with van der Waals surface area (Å²) >= 11 is 1.30. The molecule has 0 bridgehead atoms. The average Bonchev–Trinajstić information content (AvgIpc) is 3.33. The molecule has 0 aromatic carbocycles. The summed E-state index contributed by atoms with van der Waals surface area (Å²) in [5.41, 5.74) is -0.375. The van der Waals surface area contributed by atoms with Gasteiger partial charge in [-0.2, -0.15) is 13.2 Å². The van der Waals surface area contributed by atoms with E-state index in [0.29, 0.717) is 28.8 Å². The van der Waals surface area contributed by atoms with E-state index in [1.807, 2.05) is 4.90 Å². The second-order valence-corrected chi connectivity index (χ2v) is 6.38. The molecule has 0 aliphatic carbocycles. The van der Waals surface area contributed by atoms with Crippen LogP contribution < -0.4 is 4.90 Å². The maximum Gasteiger partial charge on any atom is 0.433 e. The van der Waals surface area contributed by atoms with Crippen LogP contribution in [0.25, 0.3) is 10.7 Å². The summed E-state index contributed by atoms with van der Waals surface area (Å²) in [6, 6.07) is 2.18. The van der Waals surface area contributed by atoms with E-state index in [0.717, 1.165) is 18.7 Å². The third kappa shape index (κ3) is 3.06. The highest BCUT2D eigenvalue weighted by Gasteiger charge is 2.36. The summed E-state index contributed by atoms with van der Waals surface area (Å²) in [6.45, 7) is 0.651. The van der Waals surface area contributed by atoms with Gasteiger partial charge in [-0.15, -0.1) is 10.2 Å². The first kappa shape index (κ1) is 15.9. The average molecular weight is 368 g/mol. The van der Waals surface area contributed by atoms with Crippen molar-refractivity contribution in [2.24, 2.45) is 0 Å². The van der Waals surface area contributed by atoms with Gasteiger partial charge in [0.15, 0.2) is 10.8 Å². The van der Waals surface area contributed by atoms with Crippen LogP contribution >= 0.6 is 11.3 Å². The van der Waals surface area contributed by atoms with Gasteiger partial charge >= 0.3 is 6.18 Å². The van der Waals surface area contributed by atoms with Crippen LogP contribution in [0.5, 0.6) is 0 Å². The molecule has 11 heteroatoms. The minimum atomic E-state index is -4.50. The number of nitrogens with zero attached hydrogens (tertiary/aromatic N) is 6. The number of halogens is 3. The Morgan fingerprint density at radius 2 is 2.12 bits per heavy atom. The maximum atomic E-state index is 12.9. The van der Waals surface area contributed by atoms with Crippen molar-refractivity contribution in [3.8, 4) is 10.7 Å². The summed E-state index contributed by atoms with van der Waals surface area (Å²) in [4.78, 5) is 9.64. The van der Waals surface area contributed by atoms with Gasteiger partial charge in [0.1, 0.15) is 17.7 Å². The van der Waals surface area contributed by atoms with E-state index < -0.39 is 11.9 Å². The number of anilines is 1. The molecule has 1 fully saturated rings. The van der Waals surface area contributed by atoms with Crippen molar-refractivity contribution in [3.05, 3.63) is 36.1 Å². The van der Waals surface area contributed by atoms with Crippen molar-refractivity contribution in [3.63, 3.8) is 0 Å². The van der Waals surface area contributed by atoms with Crippen LogP contribution in [0.3, 0.4) is 0 Å². The summed E-state index contributed by atoms with van der Waals surface area (Å²) in [5.74, 6) is 0.144. The van der Waals surface area contributed by atoms with E-state index >= 15 is 0 Å². The van der Waals surface area contributed by atoms with Gasteiger partial charge in [0.05, 0.1) is 6.04 Å². The van der Waals surface area contributed by atoms with Gasteiger partial charge in [0.2, 0.25) is 5.13 Å². The van der Waals surface area contributed by atoms with Crippen LogP contribution in [0.1, 0.15) is 30.4 Å². The van der Waals surface area contributed by atoms with Crippen LogP contribution in [-0.4, -0.2) is 31.9 Å². The van der Waals surface area contributed by atoms with Crippen LogP contribution in [0.2, 0.25) is 0 Å². The molecule has 0 amide bonds. The number of alkyl halides is 3. The van der Waals surface area contributed by atoms with Gasteiger partial charge < -0.3 is 9.42 Å². The molecule has 1 atom stereocenters. The van der Waals surface area contributed by atoms with Crippen molar-refractivity contribution >= 4 is 16.5 Å². The Morgan fingerprint density at radius 3 is 2.88 bits per heavy atom. The first-order chi connectivity index (χ1) is 12.0. The van der Waals surface area contributed by atoms with Gasteiger partial charge in [-0.25, -0.2) is 9.97 Å². The molecule has 3 aromatic rings. The molecule has 0 saturated carbocycles. The molecule has 130 valence electrons. The van der Waals surface area contributed by atoms with Crippen LogP contribution in [0.4, 0.5) is 18.3 Å². The minimum absolute atomic E-state index is 0.144. The fourth-order valence-corrected chi connectivity index (χ4v) is 3.60. The van der Waals surface area contributed by atoms with Crippen molar-refractivity contribution < 1.29 is 17.7 Å². The summed E-state index contributed by atoms with van der Waals surface area (Å²) in [5, 5.41) is 13.2. The van der Waals surface area contributed by atoms with E-state index in [1.54, 1.807) is 6.07 Å². The van der Waals surface area contributed by atoms with Gasteiger partial charge in [0, 0.05) is 18.8 Å². The molecule has 0 N–H and O–H groups in total. The Balaban J connectivity index is 1.63. The predicted octanol–water partition coefficient (Wildman–Crippen LogP) is 3.34. The lowest BCUT2D eigenvalue weighted by atomic mass is 10.2. The molecular weight excluding hydrogens is 357 g/mol. The van der Waals surface area contributed by atoms with E-state index in [1.165, 1.54) is 17.6 Å². The SMILES string of the molecule is FC(F)(F)c1ccnc(C2CCCN2c2nnc(-c3ccon3)s2)n1. The lowest BCUT2D eigenvalue weighted by Crippen LogP contribution is -2.25. The summed E-state index contributed by atoms with van der Waals surface area (Å²) < 4.78 is 43.5.